The maximum Gasteiger partial charge on any atom is 0.253 e. The third-order valence-corrected chi connectivity index (χ3v) is 5.82. The maximum atomic E-state index is 12.8. The number of aliphatic hydroxyl groups excluding tert-OH is 1. The van der Waals surface area contributed by atoms with Crippen molar-refractivity contribution in [3.8, 4) is 11.5 Å². The Balaban J connectivity index is 1.60. The first-order valence-electron chi connectivity index (χ1n) is 10.8. The minimum Gasteiger partial charge on any atom is -0.486 e. The molecule has 1 aliphatic rings. The van der Waals surface area contributed by atoms with Gasteiger partial charge in [-0.3, -0.25) is 4.79 Å². The first kappa shape index (κ1) is 22.1. The second-order valence-electron chi connectivity index (χ2n) is 7.65. The Morgan fingerprint density at radius 3 is 2.66 bits per heavy atom. The van der Waals surface area contributed by atoms with Crippen molar-refractivity contribution in [1.29, 1.82) is 0 Å². The molecule has 0 amide bonds. The molecule has 2 heterocycles. The number of fused-ring (bicyclic) bond motifs is 2. The average Bonchev–Trinajstić information content (AvgIpc) is 2.81. The number of anilines is 1. The minimum absolute atomic E-state index is 0.0439. The first-order valence-corrected chi connectivity index (χ1v) is 11.2. The van der Waals surface area contributed by atoms with Crippen molar-refractivity contribution < 1.29 is 14.6 Å². The van der Waals surface area contributed by atoms with Crippen molar-refractivity contribution in [1.82, 2.24) is 9.88 Å². The Hall–Kier alpha value is -3.10. The zero-order chi connectivity index (χ0) is 22.5. The molecule has 0 saturated heterocycles. The van der Waals surface area contributed by atoms with Crippen LogP contribution < -0.4 is 20.3 Å². The van der Waals surface area contributed by atoms with Crippen LogP contribution >= 0.6 is 12.2 Å². The normalized spacial score (nSPS) is 12.6. The monoisotopic (exact) mass is 453 g/mol. The summed E-state index contributed by atoms with van der Waals surface area (Å²) in [6, 6.07) is 13.6. The van der Waals surface area contributed by atoms with Crippen molar-refractivity contribution in [2.75, 3.05) is 31.7 Å². The Morgan fingerprint density at radius 1 is 1.16 bits per heavy atom. The quantitative estimate of drug-likeness (QED) is 0.473. The standard InChI is InChI=1S/C24H27N3O4S/c1-2-16-6-3-4-7-19(16)26-24(32)27(8-5-9-28)15-18-12-17-13-21-22(31-11-10-30-21)14-20(17)25-23(18)29/h3-4,6-7,12-14,28H,2,5,8-11,15H2,1H3,(H,25,29)(H,26,32). The number of hydrogen-bond donors (Lipinski definition) is 3. The number of aromatic amines is 1. The Bertz CT molecular complexity index is 1180. The highest BCUT2D eigenvalue weighted by Gasteiger charge is 2.17. The Kier molecular flexibility index (Phi) is 6.92. The van der Waals surface area contributed by atoms with Crippen LogP contribution in [-0.2, 0) is 13.0 Å². The summed E-state index contributed by atoms with van der Waals surface area (Å²) in [7, 11) is 0. The summed E-state index contributed by atoms with van der Waals surface area (Å²) in [5.74, 6) is 1.31. The summed E-state index contributed by atoms with van der Waals surface area (Å²) < 4.78 is 11.3. The first-order chi connectivity index (χ1) is 15.6. The predicted octanol–water partition coefficient (Wildman–Crippen LogP) is 3.44. The molecule has 3 aromatic rings. The Morgan fingerprint density at radius 2 is 1.91 bits per heavy atom. The third-order valence-electron chi connectivity index (χ3n) is 5.46. The highest BCUT2D eigenvalue weighted by Crippen LogP contribution is 2.33. The van der Waals surface area contributed by atoms with E-state index in [-0.39, 0.29) is 12.2 Å². The highest BCUT2D eigenvalue weighted by atomic mass is 32.1. The molecule has 0 unspecified atom stereocenters. The zero-order valence-electron chi connectivity index (χ0n) is 18.0. The number of aryl methyl sites for hydroxylation is 1. The number of aromatic nitrogens is 1. The topological polar surface area (TPSA) is 86.8 Å². The van der Waals surface area contributed by atoms with Crippen molar-refractivity contribution in [2.45, 2.75) is 26.3 Å². The van der Waals surface area contributed by atoms with Gasteiger partial charge in [0.25, 0.3) is 5.56 Å². The number of benzene rings is 2. The van der Waals surface area contributed by atoms with Crippen LogP contribution in [-0.4, -0.2) is 46.5 Å². The smallest absolute Gasteiger partial charge is 0.253 e. The van der Waals surface area contributed by atoms with Gasteiger partial charge in [0, 0.05) is 35.9 Å². The second kappa shape index (κ2) is 10.0. The van der Waals surface area contributed by atoms with E-state index in [1.807, 2.05) is 35.2 Å². The summed E-state index contributed by atoms with van der Waals surface area (Å²) in [4.78, 5) is 17.7. The fourth-order valence-electron chi connectivity index (χ4n) is 3.77. The molecule has 0 aliphatic carbocycles. The van der Waals surface area contributed by atoms with E-state index in [1.54, 1.807) is 6.07 Å². The fraction of sp³-hybridized carbons (Fsp3) is 0.333. The van der Waals surface area contributed by atoms with Crippen LogP contribution in [0.3, 0.4) is 0 Å². The number of thiocarbonyl (C=S) groups is 1. The number of hydrogen-bond acceptors (Lipinski definition) is 5. The number of para-hydroxylation sites is 1. The van der Waals surface area contributed by atoms with Gasteiger partial charge in [-0.1, -0.05) is 25.1 Å². The summed E-state index contributed by atoms with van der Waals surface area (Å²) in [5.41, 5.74) is 3.21. The van der Waals surface area contributed by atoms with Crippen molar-refractivity contribution in [3.63, 3.8) is 0 Å². The van der Waals surface area contributed by atoms with Gasteiger partial charge in [-0.2, -0.15) is 0 Å². The van der Waals surface area contributed by atoms with Gasteiger partial charge in [-0.25, -0.2) is 0 Å². The van der Waals surface area contributed by atoms with Crippen LogP contribution in [0.1, 0.15) is 24.5 Å². The number of nitrogens with zero attached hydrogens (tertiary/aromatic N) is 1. The molecule has 3 N–H and O–H groups in total. The van der Waals surface area contributed by atoms with Gasteiger partial charge < -0.3 is 29.8 Å². The number of pyridine rings is 1. The van der Waals surface area contributed by atoms with Gasteiger partial charge in [-0.05, 0) is 48.8 Å². The summed E-state index contributed by atoms with van der Waals surface area (Å²) in [6.07, 6.45) is 1.42. The average molecular weight is 454 g/mol. The lowest BCUT2D eigenvalue weighted by Gasteiger charge is -2.26. The number of ether oxygens (including phenoxy) is 2. The van der Waals surface area contributed by atoms with Gasteiger partial charge in [0.1, 0.15) is 13.2 Å². The molecule has 1 aliphatic heterocycles. The molecule has 0 spiro atoms. The minimum atomic E-state index is -0.181. The molecule has 0 saturated carbocycles. The Labute approximate surface area is 192 Å². The van der Waals surface area contributed by atoms with E-state index in [0.717, 1.165) is 23.1 Å². The van der Waals surface area contributed by atoms with E-state index in [2.05, 4.69) is 23.3 Å². The maximum absolute atomic E-state index is 12.8. The van der Waals surface area contributed by atoms with Crippen molar-refractivity contribution in [3.05, 3.63) is 63.9 Å². The number of nitrogens with one attached hydrogen (secondary N) is 2. The lowest BCUT2D eigenvalue weighted by atomic mass is 10.1. The van der Waals surface area contributed by atoms with Crippen LogP contribution in [0.4, 0.5) is 5.69 Å². The summed E-state index contributed by atoms with van der Waals surface area (Å²) in [5, 5.41) is 14.1. The molecule has 1 aromatic heterocycles. The molecular formula is C24H27N3O4S. The van der Waals surface area contributed by atoms with Gasteiger partial charge in [-0.15, -0.1) is 0 Å². The van der Waals surface area contributed by atoms with Crippen LogP contribution in [0.25, 0.3) is 10.9 Å². The largest absolute Gasteiger partial charge is 0.486 e. The van der Waals surface area contributed by atoms with E-state index < -0.39 is 0 Å². The summed E-state index contributed by atoms with van der Waals surface area (Å²) >= 11 is 5.68. The van der Waals surface area contributed by atoms with Crippen molar-refractivity contribution in [2.24, 2.45) is 0 Å². The lowest BCUT2D eigenvalue weighted by molar-refractivity contribution is 0.172. The van der Waals surface area contributed by atoms with E-state index in [0.29, 0.717) is 60.4 Å². The molecule has 4 rings (SSSR count). The predicted molar refractivity (Wildman–Crippen MR) is 130 cm³/mol. The number of rotatable bonds is 7. The number of aliphatic hydroxyl groups is 1. The SMILES string of the molecule is CCc1ccccc1NC(=S)N(CCCO)Cc1cc2cc3c(cc2[nH]c1=O)OCCO3. The molecule has 32 heavy (non-hydrogen) atoms. The third kappa shape index (κ3) is 4.87. The molecule has 2 aromatic carbocycles. The van der Waals surface area contributed by atoms with Gasteiger partial charge in [0.05, 0.1) is 12.1 Å². The van der Waals surface area contributed by atoms with Crippen LogP contribution in [0.15, 0.2) is 47.3 Å². The van der Waals surface area contributed by atoms with Crippen LogP contribution in [0.2, 0.25) is 0 Å². The van der Waals surface area contributed by atoms with Crippen molar-refractivity contribution >= 4 is 33.9 Å². The van der Waals surface area contributed by atoms with Gasteiger partial charge >= 0.3 is 0 Å². The lowest BCUT2D eigenvalue weighted by Crippen LogP contribution is -2.37. The van der Waals surface area contributed by atoms with Gasteiger partial charge in [0.15, 0.2) is 16.6 Å². The molecule has 0 bridgehead atoms. The highest BCUT2D eigenvalue weighted by molar-refractivity contribution is 7.80. The molecule has 0 atom stereocenters. The second-order valence-corrected chi connectivity index (χ2v) is 8.03. The fourth-order valence-corrected chi connectivity index (χ4v) is 4.04. The summed E-state index contributed by atoms with van der Waals surface area (Å²) in [6.45, 7) is 3.97. The van der Waals surface area contributed by atoms with E-state index in [4.69, 9.17) is 21.7 Å². The van der Waals surface area contributed by atoms with Crippen LogP contribution in [0, 0.1) is 0 Å². The van der Waals surface area contributed by atoms with E-state index in [9.17, 15) is 9.90 Å². The molecule has 7 nitrogen and oxygen atoms in total. The van der Waals surface area contributed by atoms with Crippen LogP contribution in [0.5, 0.6) is 11.5 Å². The van der Waals surface area contributed by atoms with Gasteiger partial charge in [0.2, 0.25) is 0 Å². The van der Waals surface area contributed by atoms with E-state index >= 15 is 0 Å². The molecular weight excluding hydrogens is 426 g/mol. The molecule has 8 heteroatoms. The molecule has 168 valence electrons. The molecule has 0 radical (unpaired) electrons. The van der Waals surface area contributed by atoms with E-state index in [1.165, 1.54) is 0 Å². The molecule has 0 fully saturated rings. The number of H-pyrrole nitrogens is 1. The zero-order valence-corrected chi connectivity index (χ0v) is 18.8.